The Hall–Kier alpha value is -2.86. The van der Waals surface area contributed by atoms with E-state index in [9.17, 15) is 18.0 Å². The minimum Gasteiger partial charge on any atom is -0.465 e. The minimum absolute atomic E-state index is 0.0720. The monoisotopic (exact) mass is 545 g/mol. The summed E-state index contributed by atoms with van der Waals surface area (Å²) in [5.41, 5.74) is 3.10. The second-order valence-electron chi connectivity index (χ2n) is 9.23. The van der Waals surface area contributed by atoms with Crippen LogP contribution in [0.3, 0.4) is 0 Å². The molecular formula is C26H31N3O6S2. The maximum Gasteiger partial charge on any atom is 0.326 e. The zero-order chi connectivity index (χ0) is 26.9. The van der Waals surface area contributed by atoms with Crippen LogP contribution in [0.5, 0.6) is 0 Å². The van der Waals surface area contributed by atoms with Gasteiger partial charge in [0.25, 0.3) is 5.91 Å². The maximum absolute atomic E-state index is 13.1. The summed E-state index contributed by atoms with van der Waals surface area (Å²) in [4.78, 5) is 30.2. The van der Waals surface area contributed by atoms with Gasteiger partial charge in [-0.25, -0.2) is 8.42 Å². The number of aryl methyl sites for hydroxylation is 2. The van der Waals surface area contributed by atoms with Gasteiger partial charge in [-0.3, -0.25) is 9.59 Å². The minimum atomic E-state index is -3.72. The molecule has 0 N–H and O–H groups in total. The second kappa shape index (κ2) is 10.9. The van der Waals surface area contributed by atoms with E-state index in [1.165, 1.54) is 39.9 Å². The molecule has 1 saturated heterocycles. The van der Waals surface area contributed by atoms with Gasteiger partial charge < -0.3 is 14.0 Å². The van der Waals surface area contributed by atoms with Crippen molar-refractivity contribution < 1.29 is 27.5 Å². The van der Waals surface area contributed by atoms with Crippen LogP contribution >= 0.6 is 11.3 Å². The largest absolute Gasteiger partial charge is 0.465 e. The van der Waals surface area contributed by atoms with Crippen LogP contribution in [0.25, 0.3) is 10.2 Å². The molecule has 1 amide bonds. The molecule has 2 aromatic carbocycles. The molecular weight excluding hydrogens is 514 g/mol. The Balaban J connectivity index is 1.67. The lowest BCUT2D eigenvalue weighted by atomic mass is 10.1. The van der Waals surface area contributed by atoms with Crippen molar-refractivity contribution in [2.24, 2.45) is 4.99 Å². The lowest BCUT2D eigenvalue weighted by Gasteiger charge is -2.34. The van der Waals surface area contributed by atoms with Crippen molar-refractivity contribution in [3.63, 3.8) is 0 Å². The van der Waals surface area contributed by atoms with E-state index in [4.69, 9.17) is 9.47 Å². The van der Waals surface area contributed by atoms with Crippen LogP contribution < -0.4 is 4.80 Å². The molecule has 1 fully saturated rings. The number of aromatic nitrogens is 1. The Kier molecular flexibility index (Phi) is 7.98. The first-order valence-corrected chi connectivity index (χ1v) is 14.4. The van der Waals surface area contributed by atoms with Gasteiger partial charge in [-0.1, -0.05) is 17.4 Å². The van der Waals surface area contributed by atoms with Crippen LogP contribution in [-0.2, 0) is 30.8 Å². The van der Waals surface area contributed by atoms with Gasteiger partial charge in [-0.05, 0) is 76.1 Å². The van der Waals surface area contributed by atoms with Gasteiger partial charge in [0.05, 0.1) is 33.9 Å². The molecule has 3 aromatic rings. The highest BCUT2D eigenvalue weighted by molar-refractivity contribution is 7.89. The number of carbonyl (C=O) groups excluding carboxylic acids is 2. The number of ether oxygens (including phenoxy) is 2. The number of amides is 1. The summed E-state index contributed by atoms with van der Waals surface area (Å²) in [5, 5.41) is 0. The molecule has 2 unspecified atom stereocenters. The van der Waals surface area contributed by atoms with Crippen LogP contribution in [0, 0.1) is 13.8 Å². The van der Waals surface area contributed by atoms with Gasteiger partial charge in [0.1, 0.15) is 6.54 Å². The highest BCUT2D eigenvalue weighted by atomic mass is 32.2. The molecule has 0 radical (unpaired) electrons. The molecule has 1 aliphatic rings. The van der Waals surface area contributed by atoms with Crippen LogP contribution in [0.4, 0.5) is 0 Å². The van der Waals surface area contributed by atoms with E-state index in [1.807, 2.05) is 39.8 Å². The number of morpholine rings is 1. The van der Waals surface area contributed by atoms with E-state index in [2.05, 4.69) is 4.99 Å². The van der Waals surface area contributed by atoms with Gasteiger partial charge in [0.2, 0.25) is 10.0 Å². The summed E-state index contributed by atoms with van der Waals surface area (Å²) in [6.45, 7) is 10.1. The van der Waals surface area contributed by atoms with Crippen LogP contribution in [-0.4, -0.2) is 61.1 Å². The maximum atomic E-state index is 13.1. The fourth-order valence-corrected chi connectivity index (χ4v) is 7.35. The van der Waals surface area contributed by atoms with Gasteiger partial charge in [0, 0.05) is 18.7 Å². The Labute approximate surface area is 220 Å². The van der Waals surface area contributed by atoms with E-state index < -0.39 is 21.9 Å². The van der Waals surface area contributed by atoms with Crippen LogP contribution in [0.1, 0.15) is 42.3 Å². The van der Waals surface area contributed by atoms with E-state index in [1.54, 1.807) is 11.5 Å². The summed E-state index contributed by atoms with van der Waals surface area (Å²) in [6, 6.07) is 9.78. The van der Waals surface area contributed by atoms with Crippen molar-refractivity contribution in [3.8, 4) is 0 Å². The summed E-state index contributed by atoms with van der Waals surface area (Å²) in [5.74, 6) is -0.950. The van der Waals surface area contributed by atoms with Gasteiger partial charge in [0.15, 0.2) is 4.80 Å². The number of thiazole rings is 1. The molecule has 2 atom stereocenters. The lowest BCUT2D eigenvalue weighted by molar-refractivity contribution is -0.143. The number of benzene rings is 2. The molecule has 11 heteroatoms. The number of esters is 1. The van der Waals surface area contributed by atoms with Crippen molar-refractivity contribution in [2.45, 2.75) is 58.3 Å². The molecule has 1 aliphatic heterocycles. The topological polar surface area (TPSA) is 107 Å². The summed E-state index contributed by atoms with van der Waals surface area (Å²) in [7, 11) is -3.72. The number of nitrogens with zero attached hydrogens (tertiary/aromatic N) is 3. The SMILES string of the molecule is CCOC(=O)Cn1c(=NC(=O)c2ccc(S(=O)(=O)N3CC(C)OC(C)C3)cc2)sc2cc(C)cc(C)c21. The fraction of sp³-hybridized carbons (Fsp3) is 0.423. The van der Waals surface area contributed by atoms with Crippen molar-refractivity contribution in [2.75, 3.05) is 19.7 Å². The molecule has 9 nitrogen and oxygen atoms in total. The number of hydrogen-bond acceptors (Lipinski definition) is 7. The quantitative estimate of drug-likeness (QED) is 0.440. The summed E-state index contributed by atoms with van der Waals surface area (Å²) in [6.07, 6.45) is -0.401. The molecule has 0 aliphatic carbocycles. The molecule has 37 heavy (non-hydrogen) atoms. The first-order chi connectivity index (χ1) is 17.5. The van der Waals surface area contributed by atoms with E-state index in [0.717, 1.165) is 21.3 Å². The van der Waals surface area contributed by atoms with Gasteiger partial charge in [-0.2, -0.15) is 9.30 Å². The van der Waals surface area contributed by atoms with Crippen LogP contribution in [0.15, 0.2) is 46.3 Å². The second-order valence-corrected chi connectivity index (χ2v) is 12.2. The number of fused-ring (bicyclic) bond motifs is 1. The smallest absolute Gasteiger partial charge is 0.326 e. The zero-order valence-corrected chi connectivity index (χ0v) is 23.2. The number of rotatable bonds is 6. The molecule has 0 bridgehead atoms. The number of hydrogen-bond donors (Lipinski definition) is 0. The molecule has 198 valence electrons. The molecule has 0 spiro atoms. The average Bonchev–Trinajstić information content (AvgIpc) is 3.15. The van der Waals surface area contributed by atoms with E-state index in [0.29, 0.717) is 4.80 Å². The predicted octanol–water partition coefficient (Wildman–Crippen LogP) is 3.42. The normalized spacial score (nSPS) is 19.3. The first-order valence-electron chi connectivity index (χ1n) is 12.1. The van der Waals surface area contributed by atoms with Gasteiger partial charge in [-0.15, -0.1) is 0 Å². The predicted molar refractivity (Wildman–Crippen MR) is 141 cm³/mol. The summed E-state index contributed by atoms with van der Waals surface area (Å²) >= 11 is 1.32. The van der Waals surface area contributed by atoms with Crippen molar-refractivity contribution in [1.82, 2.24) is 8.87 Å². The zero-order valence-electron chi connectivity index (χ0n) is 21.6. The van der Waals surface area contributed by atoms with Crippen LogP contribution in [0.2, 0.25) is 0 Å². The van der Waals surface area contributed by atoms with Crippen molar-refractivity contribution >= 4 is 43.5 Å². The van der Waals surface area contributed by atoms with Crippen molar-refractivity contribution in [3.05, 3.63) is 57.9 Å². The first kappa shape index (κ1) is 27.2. The molecule has 2 heterocycles. The highest BCUT2D eigenvalue weighted by Gasteiger charge is 2.32. The Morgan fingerprint density at radius 3 is 2.38 bits per heavy atom. The fourth-order valence-electron chi connectivity index (χ4n) is 4.56. The molecule has 1 aromatic heterocycles. The number of sulfonamides is 1. The third-order valence-electron chi connectivity index (χ3n) is 6.03. The van der Waals surface area contributed by atoms with E-state index in [-0.39, 0.29) is 48.9 Å². The lowest BCUT2D eigenvalue weighted by Crippen LogP contribution is -2.48. The Morgan fingerprint density at radius 2 is 1.76 bits per heavy atom. The third kappa shape index (κ3) is 5.85. The third-order valence-corrected chi connectivity index (χ3v) is 8.90. The number of carbonyl (C=O) groups is 2. The molecule has 0 saturated carbocycles. The standard InChI is InChI=1S/C26H31N3O6S2/c1-6-34-23(30)15-29-24-17(3)11-16(2)12-22(24)36-26(29)27-25(31)20-7-9-21(10-8-20)37(32,33)28-13-18(4)35-19(5)14-28/h7-12,18-19H,6,13-15H2,1-5H3. The van der Waals surface area contributed by atoms with Crippen molar-refractivity contribution in [1.29, 1.82) is 0 Å². The Morgan fingerprint density at radius 1 is 1.11 bits per heavy atom. The van der Waals surface area contributed by atoms with Gasteiger partial charge >= 0.3 is 5.97 Å². The Bertz CT molecular complexity index is 1500. The molecule has 4 rings (SSSR count). The highest BCUT2D eigenvalue weighted by Crippen LogP contribution is 2.24. The van der Waals surface area contributed by atoms with E-state index >= 15 is 0 Å². The average molecular weight is 546 g/mol. The summed E-state index contributed by atoms with van der Waals surface area (Å²) < 4.78 is 41.0.